The van der Waals surface area contributed by atoms with Gasteiger partial charge in [-0.25, -0.2) is 0 Å². The molecule has 0 radical (unpaired) electrons. The summed E-state index contributed by atoms with van der Waals surface area (Å²) in [6, 6.07) is 8.08. The second-order valence-electron chi connectivity index (χ2n) is 2.39. The molecule has 0 aromatic heterocycles. The van der Waals surface area contributed by atoms with Gasteiger partial charge in [0, 0.05) is 0 Å². The molecule has 0 heteroatoms. The van der Waals surface area contributed by atoms with Crippen molar-refractivity contribution in [1.82, 2.24) is 0 Å². The molecule has 0 aliphatic carbocycles. The zero-order valence-corrected chi connectivity index (χ0v) is 6.75. The maximum atomic E-state index is 3.91. The predicted molar refractivity (Wildman–Crippen MR) is 64.0 cm³/mol. The van der Waals surface area contributed by atoms with Gasteiger partial charge in [0.15, 0.2) is 0 Å². The second kappa shape index (κ2) is 7.35. The fraction of sp³-hybridized carbons (Fsp3) is 0.231. The van der Waals surface area contributed by atoms with Crippen LogP contribution >= 0.6 is 0 Å². The van der Waals surface area contributed by atoms with E-state index in [0.29, 0.717) is 0 Å². The van der Waals surface area contributed by atoms with Crippen molar-refractivity contribution in [3.05, 3.63) is 46.9 Å². The van der Waals surface area contributed by atoms with Gasteiger partial charge in [0.25, 0.3) is 0 Å². The Morgan fingerprint density at radius 1 is 1.15 bits per heavy atom. The average Bonchev–Trinajstić information content (AvgIpc) is 2.03. The van der Waals surface area contributed by atoms with Crippen LogP contribution in [-0.4, -0.2) is 0 Å². The van der Waals surface area contributed by atoms with Crippen LogP contribution in [0.2, 0.25) is 0 Å². The van der Waals surface area contributed by atoms with E-state index in [2.05, 4.69) is 18.7 Å². The van der Waals surface area contributed by atoms with Crippen LogP contribution in [0.3, 0.4) is 0 Å². The highest BCUT2D eigenvalue weighted by molar-refractivity contribution is 5.37. The van der Waals surface area contributed by atoms with Gasteiger partial charge < -0.3 is 0 Å². The maximum absolute atomic E-state index is 3.91. The summed E-state index contributed by atoms with van der Waals surface area (Å²) in [5.74, 6) is 0. The third kappa shape index (κ3) is 4.32. The molecule has 0 N–H and O–H groups in total. The van der Waals surface area contributed by atoms with Crippen LogP contribution < -0.4 is 10.4 Å². The van der Waals surface area contributed by atoms with Crippen LogP contribution in [0.5, 0.6) is 0 Å². The number of rotatable bonds is 1. The third-order valence-electron chi connectivity index (χ3n) is 1.52. The van der Waals surface area contributed by atoms with Crippen molar-refractivity contribution in [2.24, 2.45) is 0 Å². The number of hydrogen-bond acceptors (Lipinski definition) is 0. The Kier molecular flexibility index (Phi) is 8.05. The molecule has 0 spiro atoms. The van der Waals surface area contributed by atoms with Crippen molar-refractivity contribution in [3.8, 4) is 0 Å². The molecule has 0 unspecified atom stereocenters. The number of allylic oxidation sites excluding steroid dienone is 2. The van der Waals surface area contributed by atoms with Crippen molar-refractivity contribution in [2.75, 3.05) is 0 Å². The molecule has 0 aliphatic heterocycles. The van der Waals surface area contributed by atoms with Gasteiger partial charge in [-0.15, -0.1) is 0 Å². The molecule has 0 aliphatic rings. The molecular weight excluding hydrogens is 156 g/mol. The highest BCUT2D eigenvalue weighted by Crippen LogP contribution is 1.73. The zero-order valence-electron chi connectivity index (χ0n) is 6.75. The van der Waals surface area contributed by atoms with Crippen molar-refractivity contribution < 1.29 is 0 Å². The quantitative estimate of drug-likeness (QED) is 0.617. The summed E-state index contributed by atoms with van der Waals surface area (Å²) in [4.78, 5) is 0. The van der Waals surface area contributed by atoms with E-state index < -0.39 is 0 Å². The molecule has 0 saturated heterocycles. The molecule has 0 fully saturated rings. The van der Waals surface area contributed by atoms with Crippen LogP contribution in [-0.2, 0) is 0 Å². The van der Waals surface area contributed by atoms with Gasteiger partial charge in [-0.3, -0.25) is 0 Å². The van der Waals surface area contributed by atoms with Gasteiger partial charge in [-0.05, 0) is 17.4 Å². The van der Waals surface area contributed by atoms with Crippen molar-refractivity contribution in [1.29, 1.82) is 0 Å². The highest BCUT2D eigenvalue weighted by Gasteiger charge is 1.76. The van der Waals surface area contributed by atoms with Gasteiger partial charge >= 0.3 is 0 Å². The molecule has 0 nitrogen and oxygen atoms in total. The second-order valence-corrected chi connectivity index (χ2v) is 2.39. The summed E-state index contributed by atoms with van der Waals surface area (Å²) in [6.07, 6.45) is 6.08. The van der Waals surface area contributed by atoms with Crippen molar-refractivity contribution in [2.45, 2.75) is 21.8 Å². The Bertz CT molecular complexity index is 345. The molecule has 0 saturated carbocycles. The Morgan fingerprint density at radius 2 is 1.77 bits per heavy atom. The maximum Gasteiger partial charge on any atom is -0.0190 e. The van der Waals surface area contributed by atoms with Crippen LogP contribution in [0, 0.1) is 0 Å². The van der Waals surface area contributed by atoms with E-state index in [1.807, 2.05) is 37.3 Å². The van der Waals surface area contributed by atoms with Gasteiger partial charge in [0.2, 0.25) is 0 Å². The lowest BCUT2D eigenvalue weighted by Crippen LogP contribution is -2.21. The molecule has 0 heterocycles. The summed E-state index contributed by atoms with van der Waals surface area (Å²) < 4.78 is 0. The van der Waals surface area contributed by atoms with E-state index in [9.17, 15) is 0 Å². The van der Waals surface area contributed by atoms with Crippen LogP contribution in [0.15, 0.2) is 36.4 Å². The van der Waals surface area contributed by atoms with Crippen LogP contribution in [0.1, 0.15) is 21.8 Å². The normalized spacial score (nSPS) is 10.7. The lowest BCUT2D eigenvalue weighted by molar-refractivity contribution is 1.53. The first-order chi connectivity index (χ1) is 5.34. The first-order valence-corrected chi connectivity index (χ1v) is 3.71. The molecule has 1 aromatic rings. The number of hydrogen-bond donors (Lipinski definition) is 0. The van der Waals surface area contributed by atoms with Crippen LogP contribution in [0.25, 0.3) is 12.7 Å². The lowest BCUT2D eigenvalue weighted by Gasteiger charge is -1.84. The third-order valence-corrected chi connectivity index (χ3v) is 1.52. The zero-order chi connectivity index (χ0) is 8.10. The molecule has 13 heavy (non-hydrogen) atoms. The van der Waals surface area contributed by atoms with Gasteiger partial charge in [-0.1, -0.05) is 63.9 Å². The first-order valence-electron chi connectivity index (χ1n) is 3.71. The van der Waals surface area contributed by atoms with E-state index in [0.717, 1.165) is 5.22 Å². The monoisotopic (exact) mass is 176 g/mol. The van der Waals surface area contributed by atoms with E-state index >= 15 is 0 Å². The molecule has 0 atom stereocenters. The Labute approximate surface area is 81.9 Å². The minimum atomic E-state index is 0. The summed E-state index contributed by atoms with van der Waals surface area (Å²) in [5, 5.41) is 2.26. The van der Waals surface area contributed by atoms with E-state index in [4.69, 9.17) is 0 Å². The van der Waals surface area contributed by atoms with E-state index in [-0.39, 0.29) is 14.9 Å². The SMILES string of the molecule is C.C.C=c1cccc/c1=C/C=C\C. The molecular formula is C13H20. The fourth-order valence-electron chi connectivity index (χ4n) is 0.897. The smallest absolute Gasteiger partial charge is 0.0190 e. The average molecular weight is 176 g/mol. The summed E-state index contributed by atoms with van der Waals surface area (Å²) >= 11 is 0. The number of benzene rings is 1. The van der Waals surface area contributed by atoms with E-state index in [1.165, 1.54) is 5.22 Å². The predicted octanol–water partition coefficient (Wildman–Crippen LogP) is 2.73. The molecule has 0 amide bonds. The Morgan fingerprint density at radius 3 is 2.31 bits per heavy atom. The van der Waals surface area contributed by atoms with Gasteiger partial charge in [0.05, 0.1) is 0 Å². The minimum Gasteiger partial charge on any atom is -0.0912 e. The van der Waals surface area contributed by atoms with Crippen molar-refractivity contribution >= 4 is 12.7 Å². The molecule has 0 bridgehead atoms. The molecule has 1 rings (SSSR count). The first kappa shape index (κ1) is 14.2. The minimum absolute atomic E-state index is 0. The van der Waals surface area contributed by atoms with Gasteiger partial charge in [-0.2, -0.15) is 0 Å². The van der Waals surface area contributed by atoms with Crippen molar-refractivity contribution in [3.63, 3.8) is 0 Å². The molecule has 72 valence electrons. The Balaban J connectivity index is 0. The summed E-state index contributed by atoms with van der Waals surface area (Å²) in [5.41, 5.74) is 0. The van der Waals surface area contributed by atoms with E-state index in [1.54, 1.807) is 0 Å². The van der Waals surface area contributed by atoms with Gasteiger partial charge in [0.1, 0.15) is 0 Å². The summed E-state index contributed by atoms with van der Waals surface area (Å²) in [6.45, 7) is 5.91. The fourth-order valence-corrected chi connectivity index (χ4v) is 0.897. The molecule has 1 aromatic carbocycles. The Hall–Kier alpha value is -1.30. The standard InChI is InChI=1S/C11H12.2CH4/c1-3-4-8-11-9-6-5-7-10(11)2;;/h3-9H,2H2,1H3;2*1H4/b4-3-,11-8-;;. The largest absolute Gasteiger partial charge is 0.0912 e. The highest BCUT2D eigenvalue weighted by atomic mass is 13.8. The lowest BCUT2D eigenvalue weighted by atomic mass is 10.2. The summed E-state index contributed by atoms with van der Waals surface area (Å²) in [7, 11) is 0. The van der Waals surface area contributed by atoms with Crippen LogP contribution in [0.4, 0.5) is 0 Å². The topological polar surface area (TPSA) is 0 Å².